The van der Waals surface area contributed by atoms with Crippen molar-refractivity contribution in [2.24, 2.45) is 0 Å². The third kappa shape index (κ3) is 10.8. The summed E-state index contributed by atoms with van der Waals surface area (Å²) in [6, 6.07) is 11.4. The van der Waals surface area contributed by atoms with Crippen molar-refractivity contribution in [3.63, 3.8) is 0 Å². The van der Waals surface area contributed by atoms with Crippen molar-refractivity contribution in [1.82, 2.24) is 4.90 Å². The zero-order chi connectivity index (χ0) is 33.9. The number of rotatable bonds is 13. The SMILES string of the molecule is CCOC(=O)CS(=O)(=O)N(C/C=C/c1cc(C#N)ccc1OCOC)c1ccc(OC2CCN(C(=O)OC(C)(C)C)CC2)c(Cl)c1. The van der Waals surface area contributed by atoms with Crippen molar-refractivity contribution in [2.45, 2.75) is 52.2 Å². The number of piperidine rings is 1. The number of likely N-dealkylation sites (tertiary alicyclic amines) is 1. The number of carbonyl (C=O) groups excluding carboxylic acids is 2. The normalized spacial score (nSPS) is 14.1. The molecule has 0 saturated carbocycles. The highest BCUT2D eigenvalue weighted by atomic mass is 35.5. The topological polar surface area (TPSA) is 145 Å². The van der Waals surface area contributed by atoms with Crippen LogP contribution in [0.15, 0.2) is 42.5 Å². The van der Waals surface area contributed by atoms with Crippen molar-refractivity contribution in [3.8, 4) is 17.6 Å². The van der Waals surface area contributed by atoms with Crippen molar-refractivity contribution in [2.75, 3.05) is 50.2 Å². The monoisotopic (exact) mass is 677 g/mol. The second kappa shape index (κ2) is 16.5. The molecule has 0 unspecified atom stereocenters. The van der Waals surface area contributed by atoms with Crippen LogP contribution in [0.3, 0.4) is 0 Å². The van der Waals surface area contributed by atoms with Crippen LogP contribution in [-0.4, -0.2) is 83.0 Å². The Labute approximate surface area is 275 Å². The molecule has 1 saturated heterocycles. The molecule has 250 valence electrons. The molecule has 0 aliphatic carbocycles. The lowest BCUT2D eigenvalue weighted by Gasteiger charge is -2.33. The van der Waals surface area contributed by atoms with Crippen LogP contribution in [0.1, 0.15) is 51.7 Å². The number of sulfonamides is 1. The highest BCUT2D eigenvalue weighted by molar-refractivity contribution is 7.93. The Bertz CT molecular complexity index is 1540. The van der Waals surface area contributed by atoms with Gasteiger partial charge in [-0.05, 0) is 64.1 Å². The minimum atomic E-state index is -4.22. The minimum Gasteiger partial charge on any atom is -0.489 e. The van der Waals surface area contributed by atoms with Gasteiger partial charge in [0.15, 0.2) is 12.5 Å². The van der Waals surface area contributed by atoms with E-state index in [2.05, 4.69) is 6.07 Å². The summed E-state index contributed by atoms with van der Waals surface area (Å²) in [5.41, 5.74) is 0.525. The lowest BCUT2D eigenvalue weighted by Crippen LogP contribution is -2.44. The first-order valence-electron chi connectivity index (χ1n) is 14.7. The number of carbonyl (C=O) groups is 2. The van der Waals surface area contributed by atoms with Gasteiger partial charge in [0.2, 0.25) is 10.0 Å². The van der Waals surface area contributed by atoms with E-state index in [0.717, 1.165) is 4.31 Å². The number of hydrogen-bond donors (Lipinski definition) is 0. The van der Waals surface area contributed by atoms with Gasteiger partial charge in [0.1, 0.15) is 23.2 Å². The van der Waals surface area contributed by atoms with E-state index in [9.17, 15) is 23.3 Å². The van der Waals surface area contributed by atoms with Gasteiger partial charge in [-0.2, -0.15) is 5.26 Å². The molecule has 2 aromatic rings. The number of anilines is 1. The second-order valence-corrected chi connectivity index (χ2v) is 13.6. The van der Waals surface area contributed by atoms with E-state index in [1.807, 2.05) is 20.8 Å². The average Bonchev–Trinajstić information content (AvgIpc) is 2.98. The molecule has 0 radical (unpaired) electrons. The number of hydrogen-bond acceptors (Lipinski definition) is 10. The number of halogens is 1. The zero-order valence-corrected chi connectivity index (χ0v) is 28.2. The van der Waals surface area contributed by atoms with Crippen LogP contribution >= 0.6 is 11.6 Å². The molecule has 14 heteroatoms. The minimum absolute atomic E-state index is 0.0252. The summed E-state index contributed by atoms with van der Waals surface area (Å²) in [6.45, 7) is 7.77. The number of methoxy groups -OCH3 is 1. The summed E-state index contributed by atoms with van der Waals surface area (Å²) in [7, 11) is -2.74. The van der Waals surface area contributed by atoms with Crippen molar-refractivity contribution in [1.29, 1.82) is 5.26 Å². The molecule has 0 spiro atoms. The summed E-state index contributed by atoms with van der Waals surface area (Å²) >= 11 is 6.58. The van der Waals surface area contributed by atoms with Gasteiger partial charge in [0.05, 0.1) is 35.5 Å². The molecule has 1 fully saturated rings. The van der Waals surface area contributed by atoms with Crippen LogP contribution in [0, 0.1) is 11.3 Å². The Hall–Kier alpha value is -3.99. The number of esters is 1. The predicted octanol–water partition coefficient (Wildman–Crippen LogP) is 5.39. The zero-order valence-electron chi connectivity index (χ0n) is 26.7. The Kier molecular flexibility index (Phi) is 13.1. The maximum absolute atomic E-state index is 13.4. The van der Waals surface area contributed by atoms with Gasteiger partial charge in [0.25, 0.3) is 0 Å². The predicted molar refractivity (Wildman–Crippen MR) is 173 cm³/mol. The summed E-state index contributed by atoms with van der Waals surface area (Å²) in [5.74, 6) is -0.989. The first-order chi connectivity index (χ1) is 21.8. The molecule has 12 nitrogen and oxygen atoms in total. The molecule has 1 aliphatic rings. The Morgan fingerprint density at radius 3 is 2.43 bits per heavy atom. The molecule has 46 heavy (non-hydrogen) atoms. The maximum atomic E-state index is 13.4. The van der Waals surface area contributed by atoms with E-state index >= 15 is 0 Å². The van der Waals surface area contributed by atoms with Gasteiger partial charge in [-0.1, -0.05) is 23.8 Å². The summed E-state index contributed by atoms with van der Waals surface area (Å²) in [4.78, 5) is 26.2. The third-order valence-corrected chi connectivity index (χ3v) is 8.50. The summed E-state index contributed by atoms with van der Waals surface area (Å²) < 4.78 is 54.9. The van der Waals surface area contributed by atoms with Crippen LogP contribution in [0.2, 0.25) is 5.02 Å². The maximum Gasteiger partial charge on any atom is 0.410 e. The third-order valence-electron chi connectivity index (χ3n) is 6.57. The van der Waals surface area contributed by atoms with Crippen molar-refractivity contribution < 1.29 is 41.7 Å². The van der Waals surface area contributed by atoms with Gasteiger partial charge in [-0.3, -0.25) is 9.10 Å². The fourth-order valence-electron chi connectivity index (χ4n) is 4.49. The van der Waals surface area contributed by atoms with Crippen LogP contribution in [0.5, 0.6) is 11.5 Å². The van der Waals surface area contributed by atoms with E-state index in [-0.39, 0.29) is 42.9 Å². The van der Waals surface area contributed by atoms with E-state index in [0.29, 0.717) is 48.6 Å². The number of amides is 1. The molecule has 2 aromatic carbocycles. The number of ether oxygens (including phenoxy) is 5. The van der Waals surface area contributed by atoms with Gasteiger partial charge < -0.3 is 28.6 Å². The molecule has 0 bridgehead atoms. The van der Waals surface area contributed by atoms with E-state index in [4.69, 9.17) is 35.3 Å². The summed E-state index contributed by atoms with van der Waals surface area (Å²) in [5, 5.41) is 9.50. The smallest absolute Gasteiger partial charge is 0.410 e. The standard InChI is InChI=1S/C32H40ClN3O9S/c1-6-42-30(37)21-46(39,40)36(15-7-8-24-18-23(20-34)9-11-28(24)43-22-41-5)25-10-12-29(27(33)19-25)44-26-13-16-35(17-14-26)31(38)45-32(2,3)4/h7-12,18-19,26H,6,13-17,21-22H2,1-5H3/b8-7+. The van der Waals surface area contributed by atoms with Gasteiger partial charge >= 0.3 is 12.1 Å². The molecule has 1 heterocycles. The first kappa shape index (κ1) is 36.5. The first-order valence-corrected chi connectivity index (χ1v) is 16.7. The fraction of sp³-hybridized carbons (Fsp3) is 0.469. The van der Waals surface area contributed by atoms with E-state index < -0.39 is 27.3 Å². The molecule has 0 aromatic heterocycles. The van der Waals surface area contributed by atoms with Crippen molar-refractivity contribution >= 4 is 45.5 Å². The molecular formula is C32H40ClN3O9S. The molecular weight excluding hydrogens is 638 g/mol. The van der Waals surface area contributed by atoms with Crippen LogP contribution < -0.4 is 13.8 Å². The molecule has 0 N–H and O–H groups in total. The van der Waals surface area contributed by atoms with Gasteiger partial charge in [0, 0.05) is 38.6 Å². The van der Waals surface area contributed by atoms with E-state index in [1.165, 1.54) is 19.2 Å². The van der Waals surface area contributed by atoms with E-state index in [1.54, 1.807) is 48.2 Å². The van der Waals surface area contributed by atoms with Crippen LogP contribution in [0.4, 0.5) is 10.5 Å². The number of nitriles is 1. The van der Waals surface area contributed by atoms with Crippen LogP contribution in [-0.2, 0) is 29.0 Å². The number of benzene rings is 2. The lowest BCUT2D eigenvalue weighted by molar-refractivity contribution is -0.139. The van der Waals surface area contributed by atoms with Crippen molar-refractivity contribution in [3.05, 3.63) is 58.6 Å². The fourth-order valence-corrected chi connectivity index (χ4v) is 5.99. The second-order valence-electron chi connectivity index (χ2n) is 11.3. The summed E-state index contributed by atoms with van der Waals surface area (Å²) in [6.07, 6.45) is 3.71. The molecule has 3 rings (SSSR count). The number of nitrogens with zero attached hydrogens (tertiary/aromatic N) is 3. The Morgan fingerprint density at radius 2 is 1.83 bits per heavy atom. The van der Waals surface area contributed by atoms with Crippen LogP contribution in [0.25, 0.3) is 6.08 Å². The molecule has 1 amide bonds. The Balaban J connectivity index is 1.81. The van der Waals surface area contributed by atoms with Gasteiger partial charge in [-0.25, -0.2) is 13.2 Å². The Morgan fingerprint density at radius 1 is 1.13 bits per heavy atom. The molecule has 0 atom stereocenters. The lowest BCUT2D eigenvalue weighted by atomic mass is 10.1. The molecule has 1 aliphatic heterocycles. The highest BCUT2D eigenvalue weighted by Gasteiger charge is 2.29. The average molecular weight is 678 g/mol. The van der Waals surface area contributed by atoms with Gasteiger partial charge in [-0.15, -0.1) is 0 Å². The quantitative estimate of drug-likeness (QED) is 0.200. The largest absolute Gasteiger partial charge is 0.489 e. The highest BCUT2D eigenvalue weighted by Crippen LogP contribution is 2.33.